The molecule has 0 aliphatic rings. The fourth-order valence-electron chi connectivity index (χ4n) is 2.25. The summed E-state index contributed by atoms with van der Waals surface area (Å²) in [6.07, 6.45) is 0.0681. The van der Waals surface area contributed by atoms with E-state index in [4.69, 9.17) is 16.7 Å². The summed E-state index contributed by atoms with van der Waals surface area (Å²) in [4.78, 5) is 12.8. The summed E-state index contributed by atoms with van der Waals surface area (Å²) in [5.74, 6) is -0.805. The fourth-order valence-corrected chi connectivity index (χ4v) is 2.46. The lowest BCUT2D eigenvalue weighted by molar-refractivity contribution is -0.136. The molecule has 0 aliphatic carbocycles. The molecule has 0 fully saturated rings. The third-order valence-corrected chi connectivity index (χ3v) is 3.41. The van der Waals surface area contributed by atoms with Crippen molar-refractivity contribution < 1.29 is 9.90 Å². The zero-order valence-electron chi connectivity index (χ0n) is 11.9. The van der Waals surface area contributed by atoms with Gasteiger partial charge in [-0.15, -0.1) is 0 Å². The lowest BCUT2D eigenvalue weighted by atomic mass is 10.1. The van der Waals surface area contributed by atoms with Gasteiger partial charge in [0.05, 0.1) is 6.42 Å². The average molecular weight is 304 g/mol. The molecular weight excluding hydrogens is 286 g/mol. The first-order valence-electron chi connectivity index (χ1n) is 6.75. The van der Waals surface area contributed by atoms with E-state index in [-0.39, 0.29) is 6.42 Å². The summed E-state index contributed by atoms with van der Waals surface area (Å²) in [5.41, 5.74) is 3.16. The zero-order chi connectivity index (χ0) is 15.2. The molecule has 2 aromatic carbocycles. The third kappa shape index (κ3) is 5.21. The van der Waals surface area contributed by atoms with Gasteiger partial charge in [0.2, 0.25) is 0 Å². The fraction of sp³-hybridized carbons (Fsp3) is 0.235. The molecule has 21 heavy (non-hydrogen) atoms. The second kappa shape index (κ2) is 7.25. The van der Waals surface area contributed by atoms with Crippen LogP contribution in [0.25, 0.3) is 0 Å². The number of carbonyl (C=O) groups is 1. The number of carboxylic acids is 1. The summed E-state index contributed by atoms with van der Waals surface area (Å²) in [7, 11) is 2.05. The predicted molar refractivity (Wildman–Crippen MR) is 84.4 cm³/mol. The van der Waals surface area contributed by atoms with Gasteiger partial charge in [0, 0.05) is 18.1 Å². The molecule has 0 spiro atoms. The minimum Gasteiger partial charge on any atom is -0.481 e. The second-order valence-corrected chi connectivity index (χ2v) is 5.63. The summed E-state index contributed by atoms with van der Waals surface area (Å²) >= 11 is 5.98. The number of halogens is 1. The summed E-state index contributed by atoms with van der Waals surface area (Å²) in [6, 6.07) is 15.5. The standard InChI is InChI=1S/C17H18ClNO2/c1-19(12-15-3-2-4-16(18)9-15)11-14-7-5-13(6-8-14)10-17(20)21/h2-9H,10-12H2,1H3,(H,20,21). The van der Waals surface area contributed by atoms with Crippen LogP contribution in [0.5, 0.6) is 0 Å². The average Bonchev–Trinajstić information content (AvgIpc) is 2.40. The Kier molecular flexibility index (Phi) is 5.37. The smallest absolute Gasteiger partial charge is 0.307 e. The molecule has 0 bridgehead atoms. The molecule has 2 rings (SSSR count). The highest BCUT2D eigenvalue weighted by Gasteiger charge is 2.04. The molecule has 0 aromatic heterocycles. The third-order valence-electron chi connectivity index (χ3n) is 3.17. The van der Waals surface area contributed by atoms with Crippen LogP contribution in [-0.4, -0.2) is 23.0 Å². The van der Waals surface area contributed by atoms with E-state index in [1.165, 1.54) is 5.56 Å². The molecule has 0 heterocycles. The summed E-state index contributed by atoms with van der Waals surface area (Å²) in [6.45, 7) is 1.62. The van der Waals surface area contributed by atoms with Gasteiger partial charge in [-0.1, -0.05) is 48.0 Å². The molecule has 0 aliphatic heterocycles. The number of carboxylic acid groups (broad SMARTS) is 1. The van der Waals surface area contributed by atoms with Gasteiger partial charge >= 0.3 is 5.97 Å². The van der Waals surface area contributed by atoms with E-state index in [0.29, 0.717) is 0 Å². The monoisotopic (exact) mass is 303 g/mol. The second-order valence-electron chi connectivity index (χ2n) is 5.19. The van der Waals surface area contributed by atoms with Crippen molar-refractivity contribution in [1.29, 1.82) is 0 Å². The van der Waals surface area contributed by atoms with E-state index < -0.39 is 5.97 Å². The van der Waals surface area contributed by atoms with Crippen LogP contribution < -0.4 is 0 Å². The molecule has 110 valence electrons. The molecule has 4 heteroatoms. The molecule has 0 radical (unpaired) electrons. The highest BCUT2D eigenvalue weighted by atomic mass is 35.5. The van der Waals surface area contributed by atoms with Gasteiger partial charge in [0.25, 0.3) is 0 Å². The van der Waals surface area contributed by atoms with Crippen LogP contribution in [0.1, 0.15) is 16.7 Å². The van der Waals surface area contributed by atoms with Crippen molar-refractivity contribution in [2.75, 3.05) is 7.05 Å². The molecule has 0 unspecified atom stereocenters. The molecule has 0 saturated heterocycles. The molecular formula is C17H18ClNO2. The van der Waals surface area contributed by atoms with Crippen molar-refractivity contribution in [2.45, 2.75) is 19.5 Å². The van der Waals surface area contributed by atoms with Gasteiger partial charge in [-0.2, -0.15) is 0 Å². The van der Waals surface area contributed by atoms with E-state index in [2.05, 4.69) is 11.0 Å². The lowest BCUT2D eigenvalue weighted by Crippen LogP contribution is -2.17. The van der Waals surface area contributed by atoms with Gasteiger partial charge in [-0.25, -0.2) is 0 Å². The van der Waals surface area contributed by atoms with E-state index in [1.807, 2.05) is 49.5 Å². The maximum atomic E-state index is 10.6. The maximum Gasteiger partial charge on any atom is 0.307 e. The van der Waals surface area contributed by atoms with Crippen molar-refractivity contribution in [3.8, 4) is 0 Å². The van der Waals surface area contributed by atoms with Gasteiger partial charge in [0.15, 0.2) is 0 Å². The van der Waals surface area contributed by atoms with Crippen LogP contribution in [0.3, 0.4) is 0 Å². The molecule has 3 nitrogen and oxygen atoms in total. The summed E-state index contributed by atoms with van der Waals surface area (Å²) < 4.78 is 0. The highest BCUT2D eigenvalue weighted by molar-refractivity contribution is 6.30. The lowest BCUT2D eigenvalue weighted by Gasteiger charge is -2.17. The Morgan fingerprint density at radius 2 is 1.67 bits per heavy atom. The Morgan fingerprint density at radius 3 is 2.29 bits per heavy atom. The Bertz CT molecular complexity index is 610. The molecule has 2 aromatic rings. The molecule has 1 N–H and O–H groups in total. The van der Waals surface area contributed by atoms with Crippen LogP contribution in [0.15, 0.2) is 48.5 Å². The Balaban J connectivity index is 1.93. The molecule has 0 amide bonds. The summed E-state index contributed by atoms with van der Waals surface area (Å²) in [5, 5.41) is 9.50. The number of nitrogens with zero attached hydrogens (tertiary/aromatic N) is 1. The Morgan fingerprint density at radius 1 is 1.05 bits per heavy atom. The molecule has 0 saturated carbocycles. The van der Waals surface area contributed by atoms with Crippen molar-refractivity contribution >= 4 is 17.6 Å². The Hall–Kier alpha value is -1.84. The van der Waals surface area contributed by atoms with Crippen molar-refractivity contribution in [3.63, 3.8) is 0 Å². The van der Waals surface area contributed by atoms with Gasteiger partial charge in [-0.05, 0) is 35.9 Å². The topological polar surface area (TPSA) is 40.5 Å². The number of rotatable bonds is 6. The van der Waals surface area contributed by atoms with Gasteiger partial charge < -0.3 is 5.11 Å². The first kappa shape index (κ1) is 15.5. The van der Waals surface area contributed by atoms with E-state index >= 15 is 0 Å². The maximum absolute atomic E-state index is 10.6. The van der Waals surface area contributed by atoms with Crippen LogP contribution >= 0.6 is 11.6 Å². The zero-order valence-corrected chi connectivity index (χ0v) is 12.7. The molecule has 0 atom stereocenters. The number of hydrogen-bond acceptors (Lipinski definition) is 2. The van der Waals surface area contributed by atoms with Crippen molar-refractivity contribution in [1.82, 2.24) is 4.90 Å². The van der Waals surface area contributed by atoms with Crippen molar-refractivity contribution in [2.24, 2.45) is 0 Å². The van der Waals surface area contributed by atoms with E-state index in [9.17, 15) is 4.79 Å². The van der Waals surface area contributed by atoms with E-state index in [1.54, 1.807) is 0 Å². The predicted octanol–water partition coefficient (Wildman–Crippen LogP) is 3.60. The minimum atomic E-state index is -0.805. The number of hydrogen-bond donors (Lipinski definition) is 1. The number of aliphatic carboxylic acids is 1. The largest absolute Gasteiger partial charge is 0.481 e. The first-order chi connectivity index (χ1) is 10.0. The minimum absolute atomic E-state index is 0.0681. The normalized spacial score (nSPS) is 10.8. The van der Waals surface area contributed by atoms with Gasteiger partial charge in [0.1, 0.15) is 0 Å². The van der Waals surface area contributed by atoms with Crippen LogP contribution in [0, 0.1) is 0 Å². The van der Waals surface area contributed by atoms with E-state index in [0.717, 1.165) is 29.2 Å². The SMILES string of the molecule is CN(Cc1ccc(CC(=O)O)cc1)Cc1cccc(Cl)c1. The quantitative estimate of drug-likeness (QED) is 0.886. The van der Waals surface area contributed by atoms with Crippen molar-refractivity contribution in [3.05, 3.63) is 70.2 Å². The van der Waals surface area contributed by atoms with Gasteiger partial charge in [-0.3, -0.25) is 9.69 Å². The van der Waals surface area contributed by atoms with Crippen LogP contribution in [0.4, 0.5) is 0 Å². The van der Waals surface area contributed by atoms with Crippen LogP contribution in [-0.2, 0) is 24.3 Å². The first-order valence-corrected chi connectivity index (χ1v) is 7.13. The number of benzene rings is 2. The highest BCUT2D eigenvalue weighted by Crippen LogP contribution is 2.14. The van der Waals surface area contributed by atoms with Crippen LogP contribution in [0.2, 0.25) is 5.02 Å². The Labute approximate surface area is 129 Å².